The molecule has 100 valence electrons. The SMILES string of the molecule is CCNC(COc1cccc(OC)c1)C(=O)OC. The summed E-state index contributed by atoms with van der Waals surface area (Å²) in [7, 11) is 2.95. The Labute approximate surface area is 107 Å². The van der Waals surface area contributed by atoms with Crippen LogP contribution in [0.2, 0.25) is 0 Å². The van der Waals surface area contributed by atoms with E-state index in [0.29, 0.717) is 18.0 Å². The van der Waals surface area contributed by atoms with E-state index in [0.717, 1.165) is 0 Å². The molecule has 0 aliphatic carbocycles. The first kappa shape index (κ1) is 14.3. The zero-order valence-electron chi connectivity index (χ0n) is 10.9. The molecule has 0 aromatic heterocycles. The Balaban J connectivity index is 2.57. The third kappa shape index (κ3) is 4.25. The van der Waals surface area contributed by atoms with Crippen LogP contribution in [0.5, 0.6) is 11.5 Å². The average molecular weight is 253 g/mol. The van der Waals surface area contributed by atoms with Crippen molar-refractivity contribution < 1.29 is 19.0 Å². The number of likely N-dealkylation sites (N-methyl/N-ethyl adjacent to an activating group) is 1. The molecule has 1 N–H and O–H groups in total. The van der Waals surface area contributed by atoms with E-state index in [-0.39, 0.29) is 12.6 Å². The zero-order valence-corrected chi connectivity index (χ0v) is 10.9. The Morgan fingerprint density at radius 2 is 2.06 bits per heavy atom. The lowest BCUT2D eigenvalue weighted by atomic mass is 10.3. The zero-order chi connectivity index (χ0) is 13.4. The van der Waals surface area contributed by atoms with E-state index < -0.39 is 6.04 Å². The lowest BCUT2D eigenvalue weighted by Crippen LogP contribution is -2.42. The largest absolute Gasteiger partial charge is 0.497 e. The molecule has 0 radical (unpaired) electrons. The van der Waals surface area contributed by atoms with Crippen molar-refractivity contribution in [2.45, 2.75) is 13.0 Å². The number of carbonyl (C=O) groups excluding carboxylic acids is 1. The van der Waals surface area contributed by atoms with Gasteiger partial charge in [-0.05, 0) is 18.7 Å². The number of rotatable bonds is 7. The summed E-state index contributed by atoms with van der Waals surface area (Å²) in [6.45, 7) is 2.80. The fraction of sp³-hybridized carbons (Fsp3) is 0.462. The van der Waals surface area contributed by atoms with Crippen molar-refractivity contribution in [3.63, 3.8) is 0 Å². The van der Waals surface area contributed by atoms with Crippen LogP contribution in [0.15, 0.2) is 24.3 Å². The van der Waals surface area contributed by atoms with Gasteiger partial charge < -0.3 is 19.5 Å². The first-order chi connectivity index (χ1) is 8.71. The highest BCUT2D eigenvalue weighted by molar-refractivity contribution is 5.75. The molecule has 18 heavy (non-hydrogen) atoms. The molecule has 1 aromatic rings. The summed E-state index contributed by atoms with van der Waals surface area (Å²) >= 11 is 0. The minimum Gasteiger partial charge on any atom is -0.497 e. The van der Waals surface area contributed by atoms with Gasteiger partial charge in [0, 0.05) is 6.07 Å². The van der Waals surface area contributed by atoms with E-state index in [1.165, 1.54) is 7.11 Å². The second-order valence-electron chi connectivity index (χ2n) is 3.62. The van der Waals surface area contributed by atoms with Crippen molar-refractivity contribution in [2.75, 3.05) is 27.4 Å². The van der Waals surface area contributed by atoms with E-state index >= 15 is 0 Å². The van der Waals surface area contributed by atoms with E-state index in [1.54, 1.807) is 13.2 Å². The average Bonchev–Trinajstić information content (AvgIpc) is 2.42. The van der Waals surface area contributed by atoms with Gasteiger partial charge in [-0.3, -0.25) is 4.79 Å². The molecule has 0 saturated carbocycles. The maximum Gasteiger partial charge on any atom is 0.326 e. The molecular formula is C13H19NO4. The van der Waals surface area contributed by atoms with Gasteiger partial charge in [-0.15, -0.1) is 0 Å². The van der Waals surface area contributed by atoms with Crippen LogP contribution in [0.25, 0.3) is 0 Å². The van der Waals surface area contributed by atoms with Gasteiger partial charge in [-0.2, -0.15) is 0 Å². The Hall–Kier alpha value is -1.75. The quantitative estimate of drug-likeness (QED) is 0.741. The third-order valence-electron chi connectivity index (χ3n) is 2.39. The van der Waals surface area contributed by atoms with Crippen molar-refractivity contribution in [1.29, 1.82) is 0 Å². The fourth-order valence-electron chi connectivity index (χ4n) is 1.47. The maximum absolute atomic E-state index is 11.5. The van der Waals surface area contributed by atoms with Gasteiger partial charge >= 0.3 is 5.97 Å². The number of methoxy groups -OCH3 is 2. The molecule has 0 bridgehead atoms. The van der Waals surface area contributed by atoms with Gasteiger partial charge in [-0.25, -0.2) is 0 Å². The van der Waals surface area contributed by atoms with Crippen LogP contribution in [0, 0.1) is 0 Å². The Bertz CT molecular complexity index is 381. The molecule has 0 saturated heterocycles. The smallest absolute Gasteiger partial charge is 0.326 e. The van der Waals surface area contributed by atoms with Gasteiger partial charge in [0.1, 0.15) is 24.1 Å². The van der Waals surface area contributed by atoms with Crippen LogP contribution < -0.4 is 14.8 Å². The van der Waals surface area contributed by atoms with Crippen molar-refractivity contribution in [3.05, 3.63) is 24.3 Å². The van der Waals surface area contributed by atoms with Gasteiger partial charge in [-0.1, -0.05) is 13.0 Å². The predicted molar refractivity (Wildman–Crippen MR) is 68.0 cm³/mol. The summed E-state index contributed by atoms with van der Waals surface area (Å²) in [4.78, 5) is 11.5. The molecule has 0 fully saturated rings. The van der Waals surface area contributed by atoms with Crippen LogP contribution in [0.4, 0.5) is 0 Å². The van der Waals surface area contributed by atoms with E-state index in [9.17, 15) is 4.79 Å². The van der Waals surface area contributed by atoms with Crippen molar-refractivity contribution in [3.8, 4) is 11.5 Å². The predicted octanol–water partition coefficient (Wildman–Crippen LogP) is 1.23. The molecule has 5 heteroatoms. The van der Waals surface area contributed by atoms with Gasteiger partial charge in [0.15, 0.2) is 0 Å². The van der Waals surface area contributed by atoms with Crippen LogP contribution in [0.3, 0.4) is 0 Å². The molecule has 1 rings (SSSR count). The van der Waals surface area contributed by atoms with E-state index in [4.69, 9.17) is 14.2 Å². The number of hydrogen-bond acceptors (Lipinski definition) is 5. The first-order valence-electron chi connectivity index (χ1n) is 5.79. The fourth-order valence-corrected chi connectivity index (χ4v) is 1.47. The van der Waals surface area contributed by atoms with Gasteiger partial charge in [0.25, 0.3) is 0 Å². The molecule has 0 heterocycles. The van der Waals surface area contributed by atoms with Crippen molar-refractivity contribution >= 4 is 5.97 Å². The summed E-state index contributed by atoms with van der Waals surface area (Å²) in [5.41, 5.74) is 0. The number of esters is 1. The maximum atomic E-state index is 11.5. The van der Waals surface area contributed by atoms with Crippen molar-refractivity contribution in [2.24, 2.45) is 0 Å². The molecular weight excluding hydrogens is 234 g/mol. The van der Waals surface area contributed by atoms with Crippen molar-refractivity contribution in [1.82, 2.24) is 5.32 Å². The molecule has 5 nitrogen and oxygen atoms in total. The Kier molecular flexibility index (Phi) is 6.00. The molecule has 0 amide bonds. The van der Waals surface area contributed by atoms with Crippen LogP contribution in [-0.2, 0) is 9.53 Å². The highest BCUT2D eigenvalue weighted by atomic mass is 16.5. The number of hydrogen-bond donors (Lipinski definition) is 1. The summed E-state index contributed by atoms with van der Waals surface area (Å²) < 4.78 is 15.3. The van der Waals surface area contributed by atoms with Gasteiger partial charge in [0.2, 0.25) is 0 Å². The highest BCUT2D eigenvalue weighted by Crippen LogP contribution is 2.18. The Morgan fingerprint density at radius 3 is 2.67 bits per heavy atom. The monoisotopic (exact) mass is 253 g/mol. The van der Waals surface area contributed by atoms with Crippen LogP contribution >= 0.6 is 0 Å². The number of carbonyl (C=O) groups is 1. The molecule has 1 unspecified atom stereocenters. The van der Waals surface area contributed by atoms with Crippen LogP contribution in [0.1, 0.15) is 6.92 Å². The topological polar surface area (TPSA) is 56.8 Å². The van der Waals surface area contributed by atoms with Gasteiger partial charge in [0.05, 0.1) is 14.2 Å². The third-order valence-corrected chi connectivity index (χ3v) is 2.39. The molecule has 0 aliphatic rings. The summed E-state index contributed by atoms with van der Waals surface area (Å²) in [5.74, 6) is 1.03. The summed E-state index contributed by atoms with van der Waals surface area (Å²) in [5, 5.41) is 3.00. The number of nitrogens with one attached hydrogen (secondary N) is 1. The molecule has 0 aliphatic heterocycles. The van der Waals surface area contributed by atoms with Crippen LogP contribution in [-0.4, -0.2) is 39.4 Å². The lowest BCUT2D eigenvalue weighted by molar-refractivity contribution is -0.143. The lowest BCUT2D eigenvalue weighted by Gasteiger charge is -2.16. The number of benzene rings is 1. The first-order valence-corrected chi connectivity index (χ1v) is 5.79. The minimum atomic E-state index is -0.466. The van der Waals surface area contributed by atoms with E-state index in [2.05, 4.69) is 5.32 Å². The minimum absolute atomic E-state index is 0.216. The summed E-state index contributed by atoms with van der Waals surface area (Å²) in [6.07, 6.45) is 0. The second-order valence-corrected chi connectivity index (χ2v) is 3.62. The number of ether oxygens (including phenoxy) is 3. The normalized spacial score (nSPS) is 11.7. The standard InChI is InChI=1S/C13H19NO4/c1-4-14-12(13(15)17-3)9-18-11-7-5-6-10(8-11)16-2/h5-8,12,14H,4,9H2,1-3H3. The molecule has 0 spiro atoms. The molecule has 1 atom stereocenters. The van der Waals surface area contributed by atoms with E-state index in [1.807, 2.05) is 25.1 Å². The highest BCUT2D eigenvalue weighted by Gasteiger charge is 2.18. The molecule has 1 aromatic carbocycles. The summed E-state index contributed by atoms with van der Waals surface area (Å²) in [6, 6.07) is 6.76. The second kappa shape index (κ2) is 7.55. The Morgan fingerprint density at radius 1 is 1.33 bits per heavy atom.